The number of hydrogen-bond donors (Lipinski definition) is 2. The van der Waals surface area contributed by atoms with Crippen molar-refractivity contribution < 1.29 is 23.5 Å². The smallest absolute Gasteiger partial charge is 0.253 e. The maximum atomic E-state index is 14.6. The highest BCUT2D eigenvalue weighted by Crippen LogP contribution is 2.24. The Morgan fingerprint density at radius 3 is 2.37 bits per heavy atom. The van der Waals surface area contributed by atoms with Gasteiger partial charge in [-0.25, -0.2) is 4.39 Å². The van der Waals surface area contributed by atoms with E-state index in [-0.39, 0.29) is 42.3 Å². The van der Waals surface area contributed by atoms with E-state index in [1.807, 2.05) is 27.7 Å². The Balaban J connectivity index is 2.19. The Hall–Kier alpha value is -2.52. The van der Waals surface area contributed by atoms with Gasteiger partial charge in [-0.05, 0) is 30.0 Å². The summed E-state index contributed by atoms with van der Waals surface area (Å²) < 4.78 is 19.7. The van der Waals surface area contributed by atoms with Crippen molar-refractivity contribution in [3.63, 3.8) is 0 Å². The lowest BCUT2D eigenvalue weighted by atomic mass is 10.1. The molecule has 166 valence electrons. The monoisotopic (exact) mass is 422 g/mol. The number of nitrogens with one attached hydrogen (secondary N) is 1. The quantitative estimate of drug-likeness (QED) is 0.588. The van der Waals surface area contributed by atoms with Crippen LogP contribution in [0.2, 0.25) is 0 Å². The Morgan fingerprint density at radius 1 is 1.23 bits per heavy atom. The molecule has 0 radical (unpaired) electrons. The lowest BCUT2D eigenvalue weighted by Crippen LogP contribution is -2.54. The van der Waals surface area contributed by atoms with Crippen LogP contribution in [0.4, 0.5) is 15.8 Å². The molecular formula is C21H31FN4O4. The van der Waals surface area contributed by atoms with E-state index in [4.69, 9.17) is 10.5 Å². The second-order valence-corrected chi connectivity index (χ2v) is 8.30. The van der Waals surface area contributed by atoms with Gasteiger partial charge in [-0.3, -0.25) is 19.3 Å². The molecule has 0 spiro atoms. The number of nitrogens with two attached hydrogens (primary N) is 1. The zero-order valence-electron chi connectivity index (χ0n) is 18.0. The fourth-order valence-corrected chi connectivity index (χ4v) is 3.49. The third kappa shape index (κ3) is 6.24. The molecular weight excluding hydrogens is 391 g/mol. The maximum Gasteiger partial charge on any atom is 0.253 e. The van der Waals surface area contributed by atoms with E-state index in [9.17, 15) is 18.8 Å². The Kier molecular flexibility index (Phi) is 8.31. The predicted molar refractivity (Wildman–Crippen MR) is 112 cm³/mol. The van der Waals surface area contributed by atoms with Crippen molar-refractivity contribution in [3.05, 3.63) is 24.0 Å². The van der Waals surface area contributed by atoms with Gasteiger partial charge in [0.2, 0.25) is 5.91 Å². The van der Waals surface area contributed by atoms with E-state index in [0.717, 1.165) is 6.07 Å². The Labute approximate surface area is 176 Å². The second kappa shape index (κ2) is 10.5. The third-order valence-corrected chi connectivity index (χ3v) is 4.57. The number of rotatable bonds is 9. The lowest BCUT2D eigenvalue weighted by molar-refractivity contribution is -0.133. The molecule has 0 bridgehead atoms. The summed E-state index contributed by atoms with van der Waals surface area (Å²) in [7, 11) is 0. The minimum absolute atomic E-state index is 0.0975. The minimum Gasteiger partial charge on any atom is -0.370 e. The molecule has 1 aromatic rings. The number of amides is 3. The fourth-order valence-electron chi connectivity index (χ4n) is 3.49. The highest BCUT2D eigenvalue weighted by molar-refractivity contribution is 6.09. The summed E-state index contributed by atoms with van der Waals surface area (Å²) in [6, 6.07) is 2.88. The van der Waals surface area contributed by atoms with Gasteiger partial charge in [-0.2, -0.15) is 0 Å². The molecule has 1 aliphatic rings. The predicted octanol–water partition coefficient (Wildman–Crippen LogP) is 1.60. The number of halogens is 1. The molecule has 2 rings (SSSR count). The van der Waals surface area contributed by atoms with E-state index in [1.54, 1.807) is 4.90 Å². The highest BCUT2D eigenvalue weighted by Gasteiger charge is 2.32. The van der Waals surface area contributed by atoms with Crippen LogP contribution in [0.25, 0.3) is 0 Å². The van der Waals surface area contributed by atoms with Crippen molar-refractivity contribution in [2.45, 2.75) is 33.7 Å². The SMILES string of the molecule is CC(C)CN(CC(C)C)[C@@H](C(N)=O)C(=O)Nc1ccc(N2CCOCC2=O)c(F)c1. The van der Waals surface area contributed by atoms with E-state index in [0.29, 0.717) is 19.7 Å². The van der Waals surface area contributed by atoms with Crippen LogP contribution in [0.3, 0.4) is 0 Å². The number of ether oxygens (including phenoxy) is 1. The number of nitrogens with zero attached hydrogens (tertiary/aromatic N) is 2. The Morgan fingerprint density at radius 2 is 1.87 bits per heavy atom. The summed E-state index contributed by atoms with van der Waals surface area (Å²) in [4.78, 5) is 39.9. The molecule has 1 aromatic carbocycles. The summed E-state index contributed by atoms with van der Waals surface area (Å²) in [6.07, 6.45) is 0. The van der Waals surface area contributed by atoms with Crippen molar-refractivity contribution >= 4 is 29.1 Å². The molecule has 1 heterocycles. The molecule has 0 saturated carbocycles. The number of anilines is 2. The van der Waals surface area contributed by atoms with Gasteiger partial charge < -0.3 is 20.7 Å². The van der Waals surface area contributed by atoms with Gasteiger partial charge in [-0.15, -0.1) is 0 Å². The van der Waals surface area contributed by atoms with Gasteiger partial charge in [0.25, 0.3) is 11.8 Å². The normalized spacial score (nSPS) is 15.7. The first kappa shape index (κ1) is 23.8. The van der Waals surface area contributed by atoms with Gasteiger partial charge >= 0.3 is 0 Å². The molecule has 3 N–H and O–H groups in total. The second-order valence-electron chi connectivity index (χ2n) is 8.30. The van der Waals surface area contributed by atoms with Crippen LogP contribution in [0.5, 0.6) is 0 Å². The molecule has 1 atom stereocenters. The molecule has 0 unspecified atom stereocenters. The van der Waals surface area contributed by atoms with Crippen LogP contribution < -0.4 is 16.0 Å². The minimum atomic E-state index is -1.17. The molecule has 3 amide bonds. The largest absolute Gasteiger partial charge is 0.370 e. The first-order valence-electron chi connectivity index (χ1n) is 10.1. The van der Waals surface area contributed by atoms with Gasteiger partial charge in [-0.1, -0.05) is 27.7 Å². The van der Waals surface area contributed by atoms with Crippen molar-refractivity contribution in [1.29, 1.82) is 0 Å². The van der Waals surface area contributed by atoms with E-state index < -0.39 is 23.7 Å². The highest BCUT2D eigenvalue weighted by atomic mass is 19.1. The van der Waals surface area contributed by atoms with Crippen LogP contribution in [0.15, 0.2) is 18.2 Å². The zero-order valence-corrected chi connectivity index (χ0v) is 18.0. The van der Waals surface area contributed by atoms with Crippen LogP contribution in [0.1, 0.15) is 27.7 Å². The van der Waals surface area contributed by atoms with Gasteiger partial charge in [0.05, 0.1) is 12.3 Å². The average Bonchev–Trinajstić information content (AvgIpc) is 2.61. The average molecular weight is 423 g/mol. The first-order chi connectivity index (χ1) is 14.1. The topological polar surface area (TPSA) is 105 Å². The van der Waals surface area contributed by atoms with Crippen molar-refractivity contribution in [2.75, 3.05) is 43.1 Å². The molecule has 1 saturated heterocycles. The lowest BCUT2D eigenvalue weighted by Gasteiger charge is -2.31. The first-order valence-corrected chi connectivity index (χ1v) is 10.1. The van der Waals surface area contributed by atoms with E-state index in [1.165, 1.54) is 17.0 Å². The van der Waals surface area contributed by atoms with Crippen LogP contribution >= 0.6 is 0 Å². The van der Waals surface area contributed by atoms with Gasteiger partial charge in [0.15, 0.2) is 6.04 Å². The van der Waals surface area contributed by atoms with Crippen molar-refractivity contribution in [1.82, 2.24) is 4.90 Å². The molecule has 9 heteroatoms. The third-order valence-electron chi connectivity index (χ3n) is 4.57. The van der Waals surface area contributed by atoms with Crippen LogP contribution in [-0.4, -0.2) is 61.5 Å². The summed E-state index contributed by atoms with van der Waals surface area (Å²) in [6.45, 7) is 9.48. The molecule has 30 heavy (non-hydrogen) atoms. The van der Waals surface area contributed by atoms with Crippen molar-refractivity contribution in [2.24, 2.45) is 17.6 Å². The number of hydrogen-bond acceptors (Lipinski definition) is 5. The Bertz CT molecular complexity index is 774. The number of primary amides is 1. The van der Waals surface area contributed by atoms with Gasteiger partial charge in [0.1, 0.15) is 12.4 Å². The molecule has 0 aliphatic carbocycles. The zero-order chi connectivity index (χ0) is 22.4. The maximum absolute atomic E-state index is 14.6. The number of morpholine rings is 1. The fraction of sp³-hybridized carbons (Fsp3) is 0.571. The molecule has 1 aliphatic heterocycles. The van der Waals surface area contributed by atoms with Gasteiger partial charge in [0, 0.05) is 25.3 Å². The van der Waals surface area contributed by atoms with Crippen molar-refractivity contribution in [3.8, 4) is 0 Å². The number of benzene rings is 1. The summed E-state index contributed by atoms with van der Waals surface area (Å²) in [5.74, 6) is -1.91. The molecule has 0 aromatic heterocycles. The summed E-state index contributed by atoms with van der Waals surface area (Å²) in [5, 5.41) is 2.58. The molecule has 1 fully saturated rings. The summed E-state index contributed by atoms with van der Waals surface area (Å²) in [5.41, 5.74) is 5.84. The van der Waals surface area contributed by atoms with E-state index >= 15 is 0 Å². The molecule has 8 nitrogen and oxygen atoms in total. The number of carbonyl (C=O) groups is 3. The van der Waals surface area contributed by atoms with E-state index in [2.05, 4.69) is 5.32 Å². The standard InChI is InChI=1S/C21H31FN4O4/c1-13(2)10-25(11-14(3)4)19(20(23)28)21(29)24-15-5-6-17(16(22)9-15)26-7-8-30-12-18(26)27/h5-6,9,13-14,19H,7-8,10-12H2,1-4H3,(H2,23,28)(H,24,29)/t19-/m0/s1. The number of carbonyl (C=O) groups excluding carboxylic acids is 3. The van der Waals surface area contributed by atoms with Crippen LogP contribution in [0, 0.1) is 17.7 Å². The summed E-state index contributed by atoms with van der Waals surface area (Å²) >= 11 is 0. The van der Waals surface area contributed by atoms with Crippen LogP contribution in [-0.2, 0) is 19.1 Å².